The third-order valence-electron chi connectivity index (χ3n) is 14.7. The molecule has 3 unspecified atom stereocenters. The average Bonchev–Trinajstić information content (AvgIpc) is 3.23. The van der Waals surface area contributed by atoms with Gasteiger partial charge in [-0.15, -0.1) is 0 Å². The Balaban J connectivity index is 1.47. The maximum absolute atomic E-state index is 14.2. The van der Waals surface area contributed by atoms with E-state index >= 15 is 0 Å². The first-order valence-corrected chi connectivity index (χ1v) is 18.4. The van der Waals surface area contributed by atoms with Crippen LogP contribution in [0.25, 0.3) is 0 Å². The van der Waals surface area contributed by atoms with E-state index in [1.807, 2.05) is 20.8 Å². The van der Waals surface area contributed by atoms with Crippen LogP contribution in [-0.2, 0) is 23.9 Å². The van der Waals surface area contributed by atoms with Crippen molar-refractivity contribution in [1.82, 2.24) is 5.32 Å². The summed E-state index contributed by atoms with van der Waals surface area (Å²) in [5, 5.41) is 12.9. The average molecular weight is 654 g/mol. The molecule has 4 fully saturated rings. The van der Waals surface area contributed by atoms with E-state index in [1.165, 1.54) is 5.57 Å². The fourth-order valence-electron chi connectivity index (χ4n) is 12.2. The number of nitrogens with one attached hydrogen (secondary N) is 1. The van der Waals surface area contributed by atoms with Gasteiger partial charge < -0.3 is 15.2 Å². The number of carboxylic acid groups (broad SMARTS) is 1. The molecule has 0 bridgehead atoms. The molecule has 0 heterocycles. The number of Topliss-reactive ketones (excluding diaryl/α,β-unsaturated/α-hetero) is 1. The van der Waals surface area contributed by atoms with E-state index in [1.54, 1.807) is 13.8 Å². The van der Waals surface area contributed by atoms with Crippen LogP contribution in [0.15, 0.2) is 11.1 Å². The fraction of sp³-hybridized carbons (Fsp3) is 0.850. The molecule has 1 amide bonds. The summed E-state index contributed by atoms with van der Waals surface area (Å²) in [6.45, 7) is 25.5. The molecule has 8 atom stereocenters. The maximum atomic E-state index is 14.2. The van der Waals surface area contributed by atoms with Crippen molar-refractivity contribution in [3.05, 3.63) is 11.1 Å². The molecule has 4 saturated carbocycles. The van der Waals surface area contributed by atoms with Crippen molar-refractivity contribution < 1.29 is 29.0 Å². The maximum Gasteiger partial charge on any atom is 0.309 e. The van der Waals surface area contributed by atoms with Crippen LogP contribution in [0.2, 0.25) is 0 Å². The summed E-state index contributed by atoms with van der Waals surface area (Å²) >= 11 is 0. The molecule has 7 heteroatoms. The molecule has 0 aromatic carbocycles. The van der Waals surface area contributed by atoms with Crippen molar-refractivity contribution in [2.24, 2.45) is 56.2 Å². The molecule has 5 rings (SSSR count). The molecule has 5 aliphatic carbocycles. The topological polar surface area (TPSA) is 110 Å². The molecule has 0 radical (unpaired) electrons. The molecule has 0 spiro atoms. The van der Waals surface area contributed by atoms with Crippen molar-refractivity contribution >= 4 is 23.6 Å². The zero-order valence-corrected chi connectivity index (χ0v) is 31.4. The highest BCUT2D eigenvalue weighted by Crippen LogP contribution is 2.76. The molecule has 47 heavy (non-hydrogen) atoms. The number of carbonyl (C=O) groups excluding carboxylic acids is 3. The minimum Gasteiger partial charge on any atom is -0.481 e. The van der Waals surface area contributed by atoms with Gasteiger partial charge in [-0.25, -0.2) is 0 Å². The molecule has 7 nitrogen and oxygen atoms in total. The molecule has 0 aromatic heterocycles. The van der Waals surface area contributed by atoms with Crippen LogP contribution in [0, 0.1) is 56.2 Å². The number of allylic oxidation sites excluding steroid dienone is 1. The predicted octanol–water partition coefficient (Wildman–Crippen LogP) is 8.29. The first-order valence-electron chi connectivity index (χ1n) is 18.4. The van der Waals surface area contributed by atoms with E-state index in [4.69, 9.17) is 4.74 Å². The van der Waals surface area contributed by atoms with Crippen LogP contribution in [0.4, 0.5) is 0 Å². The fourth-order valence-corrected chi connectivity index (χ4v) is 12.2. The SMILES string of the molecule is CC(C)C1=C2C3CCC4[C@@]5(C)CC[C@H](OC(=O)CC(C)(C)C(=O)O)C(C)(C)C5CC[C@@]4(C)[C@]3(C)CC[C@@]2(C(=O)NC(C)(C)C)CC1=O. The monoisotopic (exact) mass is 653 g/mol. The summed E-state index contributed by atoms with van der Waals surface area (Å²) in [4.78, 5) is 52.8. The van der Waals surface area contributed by atoms with Crippen molar-refractivity contribution in [2.75, 3.05) is 0 Å². The second-order valence-electron chi connectivity index (χ2n) is 19.7. The lowest BCUT2D eigenvalue weighted by molar-refractivity contribution is -0.233. The first kappa shape index (κ1) is 36.1. The van der Waals surface area contributed by atoms with Gasteiger partial charge in [0.15, 0.2) is 5.78 Å². The summed E-state index contributed by atoms with van der Waals surface area (Å²) in [6, 6.07) is 0. The van der Waals surface area contributed by atoms with E-state index in [-0.39, 0.29) is 63.2 Å². The molecule has 0 saturated heterocycles. The Morgan fingerprint density at radius 3 is 2.09 bits per heavy atom. The van der Waals surface area contributed by atoms with E-state index in [9.17, 15) is 24.3 Å². The number of esters is 1. The number of carbonyl (C=O) groups is 4. The van der Waals surface area contributed by atoms with Crippen molar-refractivity contribution in [3.8, 4) is 0 Å². The second-order valence-corrected chi connectivity index (χ2v) is 19.7. The third kappa shape index (κ3) is 5.34. The van der Waals surface area contributed by atoms with Gasteiger partial charge in [-0.3, -0.25) is 19.2 Å². The molecule has 264 valence electrons. The van der Waals surface area contributed by atoms with Crippen LogP contribution in [0.5, 0.6) is 0 Å². The number of ether oxygens (including phenoxy) is 1. The highest BCUT2D eigenvalue weighted by atomic mass is 16.5. The van der Waals surface area contributed by atoms with Crippen LogP contribution < -0.4 is 5.32 Å². The van der Waals surface area contributed by atoms with Gasteiger partial charge in [-0.2, -0.15) is 0 Å². The van der Waals surface area contributed by atoms with Gasteiger partial charge in [0.1, 0.15) is 6.10 Å². The normalized spacial score (nSPS) is 39.8. The summed E-state index contributed by atoms with van der Waals surface area (Å²) in [5.74, 6) is -0.0669. The van der Waals surface area contributed by atoms with E-state index < -0.39 is 22.8 Å². The summed E-state index contributed by atoms with van der Waals surface area (Å²) in [6.07, 6.45) is 7.50. The molecule has 2 N–H and O–H groups in total. The van der Waals surface area contributed by atoms with Gasteiger partial charge in [0, 0.05) is 17.4 Å². The lowest BCUT2D eigenvalue weighted by atomic mass is 9.33. The molecular weight excluding hydrogens is 590 g/mol. The predicted molar refractivity (Wildman–Crippen MR) is 183 cm³/mol. The largest absolute Gasteiger partial charge is 0.481 e. The molecule has 0 aliphatic heterocycles. The number of hydrogen-bond acceptors (Lipinski definition) is 5. The first-order chi connectivity index (χ1) is 21.4. The standard InChI is InChI=1S/C40H63NO6/c1-23(2)30-25(42)21-40(32(44)41-34(3,4)5)20-19-38(11)24(31(30)40)13-14-27-37(10)17-16-28(47-29(43)22-35(6,7)33(45)46)36(8,9)26(37)15-18-39(27,38)12/h23-24,26-28H,13-22H2,1-12H3,(H,41,44)(H,45,46)/t24?,26?,27?,28-,37-,38+,39+,40+/m0/s1. The number of carboxylic acids is 1. The number of amides is 1. The quantitative estimate of drug-likeness (QED) is 0.279. The number of aliphatic carboxylic acids is 1. The van der Waals surface area contributed by atoms with Crippen molar-refractivity contribution in [1.29, 1.82) is 0 Å². The molecule has 0 aromatic rings. The van der Waals surface area contributed by atoms with Crippen LogP contribution in [-0.4, -0.2) is 40.4 Å². The summed E-state index contributed by atoms with van der Waals surface area (Å²) in [7, 11) is 0. The van der Waals surface area contributed by atoms with Gasteiger partial charge in [-0.05, 0) is 137 Å². The number of rotatable bonds is 6. The van der Waals surface area contributed by atoms with Gasteiger partial charge in [0.05, 0.1) is 17.3 Å². The van der Waals surface area contributed by atoms with Gasteiger partial charge in [0.25, 0.3) is 0 Å². The van der Waals surface area contributed by atoms with E-state index in [0.717, 1.165) is 56.9 Å². The Kier molecular flexibility index (Phi) is 8.58. The van der Waals surface area contributed by atoms with Gasteiger partial charge in [0.2, 0.25) is 5.91 Å². The van der Waals surface area contributed by atoms with Gasteiger partial charge in [-0.1, -0.05) is 48.5 Å². The Hall–Kier alpha value is -2.18. The zero-order valence-electron chi connectivity index (χ0n) is 31.4. The molecular formula is C40H63NO6. The molecule has 5 aliphatic rings. The third-order valence-corrected chi connectivity index (χ3v) is 14.7. The Morgan fingerprint density at radius 1 is 0.872 bits per heavy atom. The minimum absolute atomic E-state index is 0.0363. The Morgan fingerprint density at radius 2 is 1.51 bits per heavy atom. The lowest BCUT2D eigenvalue weighted by Crippen LogP contribution is -2.66. The second kappa shape index (κ2) is 11.2. The van der Waals surface area contributed by atoms with E-state index in [2.05, 4.69) is 53.8 Å². The van der Waals surface area contributed by atoms with Gasteiger partial charge >= 0.3 is 11.9 Å². The zero-order chi connectivity index (χ0) is 35.3. The van der Waals surface area contributed by atoms with Crippen molar-refractivity contribution in [2.45, 2.75) is 159 Å². The van der Waals surface area contributed by atoms with Crippen LogP contribution in [0.3, 0.4) is 0 Å². The Labute approximate surface area is 283 Å². The lowest BCUT2D eigenvalue weighted by Gasteiger charge is -2.72. The smallest absolute Gasteiger partial charge is 0.309 e. The highest BCUT2D eigenvalue weighted by molar-refractivity contribution is 6.07. The van der Waals surface area contributed by atoms with Crippen molar-refractivity contribution in [3.63, 3.8) is 0 Å². The summed E-state index contributed by atoms with van der Waals surface area (Å²) in [5.41, 5.74) is -0.334. The highest BCUT2D eigenvalue weighted by Gasteiger charge is 2.71. The summed E-state index contributed by atoms with van der Waals surface area (Å²) < 4.78 is 6.13. The van der Waals surface area contributed by atoms with Crippen LogP contribution in [0.1, 0.15) is 147 Å². The Bertz CT molecular complexity index is 1380. The number of ketones is 1. The number of hydrogen-bond donors (Lipinski definition) is 2. The minimum atomic E-state index is -1.16. The van der Waals surface area contributed by atoms with E-state index in [0.29, 0.717) is 18.3 Å². The number of fused-ring (bicyclic) bond motifs is 7. The van der Waals surface area contributed by atoms with Crippen LogP contribution >= 0.6 is 0 Å².